The van der Waals surface area contributed by atoms with Gasteiger partial charge in [-0.15, -0.1) is 0 Å². The summed E-state index contributed by atoms with van der Waals surface area (Å²) < 4.78 is 0. The Kier molecular flexibility index (Phi) is 11.7. The van der Waals surface area contributed by atoms with Gasteiger partial charge >= 0.3 is 0 Å². The summed E-state index contributed by atoms with van der Waals surface area (Å²) in [5, 5.41) is 9.32. The molecule has 0 aliphatic carbocycles. The van der Waals surface area contributed by atoms with Crippen molar-refractivity contribution in [1.29, 1.82) is 0 Å². The Bertz CT molecular complexity index is 264. The molecule has 0 heterocycles. The minimum absolute atomic E-state index is 0.357. The molecule has 0 atom stereocenters. The van der Waals surface area contributed by atoms with E-state index in [1.54, 1.807) is 6.07 Å². The standard InChI is InChI=1S/C10H12O.2C2H6/c1-8(2)7-9-5-3-4-6-10(9)11;2*1-2/h3-6,11H,1,7H2,2H3;2*1-2H3. The second-order valence-corrected chi connectivity index (χ2v) is 2.76. The van der Waals surface area contributed by atoms with Crippen LogP contribution in [-0.4, -0.2) is 5.11 Å². The van der Waals surface area contributed by atoms with Crippen molar-refractivity contribution in [2.45, 2.75) is 41.0 Å². The lowest BCUT2D eigenvalue weighted by molar-refractivity contribution is 0.469. The smallest absolute Gasteiger partial charge is 0.119 e. The van der Waals surface area contributed by atoms with Crippen molar-refractivity contribution >= 4 is 0 Å². The number of allylic oxidation sites excluding steroid dienone is 1. The Morgan fingerprint density at radius 3 is 2.00 bits per heavy atom. The van der Waals surface area contributed by atoms with Gasteiger partial charge in [-0.3, -0.25) is 0 Å². The zero-order valence-electron chi connectivity index (χ0n) is 10.7. The lowest BCUT2D eigenvalue weighted by atomic mass is 10.1. The molecule has 1 N–H and O–H groups in total. The molecular formula is C14H24O. The van der Waals surface area contributed by atoms with Gasteiger partial charge in [-0.1, -0.05) is 58.0 Å². The van der Waals surface area contributed by atoms with E-state index in [4.69, 9.17) is 0 Å². The van der Waals surface area contributed by atoms with Crippen molar-refractivity contribution in [2.24, 2.45) is 0 Å². The molecule has 1 heteroatoms. The fourth-order valence-corrected chi connectivity index (χ4v) is 0.985. The van der Waals surface area contributed by atoms with E-state index in [0.717, 1.165) is 17.6 Å². The highest BCUT2D eigenvalue weighted by atomic mass is 16.3. The zero-order chi connectivity index (χ0) is 12.3. The van der Waals surface area contributed by atoms with Gasteiger partial charge < -0.3 is 5.11 Å². The molecule has 0 aliphatic rings. The Morgan fingerprint density at radius 2 is 1.60 bits per heavy atom. The van der Waals surface area contributed by atoms with Gasteiger partial charge in [0.1, 0.15) is 5.75 Å². The van der Waals surface area contributed by atoms with Crippen molar-refractivity contribution < 1.29 is 5.11 Å². The molecule has 0 aromatic heterocycles. The van der Waals surface area contributed by atoms with Crippen LogP contribution >= 0.6 is 0 Å². The lowest BCUT2D eigenvalue weighted by Gasteiger charge is -2.01. The van der Waals surface area contributed by atoms with Gasteiger partial charge in [-0.25, -0.2) is 0 Å². The molecule has 1 rings (SSSR count). The van der Waals surface area contributed by atoms with Crippen LogP contribution in [0.25, 0.3) is 0 Å². The molecule has 1 nitrogen and oxygen atoms in total. The Hall–Kier alpha value is -1.24. The molecule has 0 saturated carbocycles. The van der Waals surface area contributed by atoms with Gasteiger partial charge in [-0.05, 0) is 25.0 Å². The van der Waals surface area contributed by atoms with E-state index >= 15 is 0 Å². The molecule has 0 unspecified atom stereocenters. The van der Waals surface area contributed by atoms with Crippen LogP contribution in [0.15, 0.2) is 36.4 Å². The summed E-state index contributed by atoms with van der Waals surface area (Å²) in [6, 6.07) is 7.33. The van der Waals surface area contributed by atoms with E-state index in [1.807, 2.05) is 52.8 Å². The minimum Gasteiger partial charge on any atom is -0.508 e. The first-order valence-corrected chi connectivity index (χ1v) is 5.61. The summed E-state index contributed by atoms with van der Waals surface area (Å²) in [4.78, 5) is 0. The monoisotopic (exact) mass is 208 g/mol. The summed E-state index contributed by atoms with van der Waals surface area (Å²) >= 11 is 0. The van der Waals surface area contributed by atoms with Crippen LogP contribution in [0.3, 0.4) is 0 Å². The topological polar surface area (TPSA) is 20.2 Å². The molecular weight excluding hydrogens is 184 g/mol. The van der Waals surface area contributed by atoms with Crippen LogP contribution in [-0.2, 0) is 6.42 Å². The minimum atomic E-state index is 0.357. The van der Waals surface area contributed by atoms with E-state index in [0.29, 0.717) is 5.75 Å². The fourth-order valence-electron chi connectivity index (χ4n) is 0.985. The average molecular weight is 208 g/mol. The number of benzene rings is 1. The summed E-state index contributed by atoms with van der Waals surface area (Å²) in [6.45, 7) is 13.7. The number of hydrogen-bond acceptors (Lipinski definition) is 1. The molecule has 1 aromatic carbocycles. The van der Waals surface area contributed by atoms with Crippen LogP contribution in [0.4, 0.5) is 0 Å². The maximum atomic E-state index is 9.32. The number of phenolic OH excluding ortho intramolecular Hbond substituents is 1. The highest BCUT2D eigenvalue weighted by Gasteiger charge is 1.97. The predicted molar refractivity (Wildman–Crippen MR) is 69.3 cm³/mol. The van der Waals surface area contributed by atoms with Gasteiger partial charge in [-0.2, -0.15) is 0 Å². The third-order valence-corrected chi connectivity index (χ3v) is 1.48. The largest absolute Gasteiger partial charge is 0.508 e. The second-order valence-electron chi connectivity index (χ2n) is 2.76. The number of rotatable bonds is 2. The van der Waals surface area contributed by atoms with Crippen LogP contribution in [0, 0.1) is 0 Å². The third kappa shape index (κ3) is 7.80. The van der Waals surface area contributed by atoms with Gasteiger partial charge in [0.05, 0.1) is 0 Å². The molecule has 0 radical (unpaired) electrons. The maximum absolute atomic E-state index is 9.32. The summed E-state index contributed by atoms with van der Waals surface area (Å²) in [5.74, 6) is 0.357. The van der Waals surface area contributed by atoms with E-state index < -0.39 is 0 Å². The van der Waals surface area contributed by atoms with Crippen molar-refractivity contribution in [3.05, 3.63) is 42.0 Å². The first-order valence-electron chi connectivity index (χ1n) is 5.61. The number of phenols is 1. The molecule has 0 fully saturated rings. The number of aromatic hydroxyl groups is 1. The molecule has 0 saturated heterocycles. The fraction of sp³-hybridized carbons (Fsp3) is 0.429. The normalized spacial score (nSPS) is 7.80. The van der Waals surface area contributed by atoms with E-state index in [2.05, 4.69) is 6.58 Å². The van der Waals surface area contributed by atoms with Crippen LogP contribution < -0.4 is 0 Å². The summed E-state index contributed by atoms with van der Waals surface area (Å²) in [7, 11) is 0. The first-order chi connectivity index (χ1) is 7.20. The molecule has 0 bridgehead atoms. The molecule has 86 valence electrons. The van der Waals surface area contributed by atoms with Gasteiger partial charge in [0.25, 0.3) is 0 Å². The maximum Gasteiger partial charge on any atom is 0.119 e. The van der Waals surface area contributed by atoms with E-state index in [-0.39, 0.29) is 0 Å². The molecule has 1 aromatic rings. The highest BCUT2D eigenvalue weighted by Crippen LogP contribution is 2.17. The van der Waals surface area contributed by atoms with Crippen molar-refractivity contribution in [3.63, 3.8) is 0 Å². The van der Waals surface area contributed by atoms with Crippen molar-refractivity contribution in [1.82, 2.24) is 0 Å². The van der Waals surface area contributed by atoms with Crippen LogP contribution in [0.5, 0.6) is 5.75 Å². The first kappa shape index (κ1) is 16.2. The van der Waals surface area contributed by atoms with Gasteiger partial charge in [0, 0.05) is 0 Å². The molecule has 0 aliphatic heterocycles. The SMILES string of the molecule is C=C(C)Cc1ccccc1O.CC.CC. The molecule has 0 spiro atoms. The number of para-hydroxylation sites is 1. The lowest BCUT2D eigenvalue weighted by Crippen LogP contribution is -1.84. The van der Waals surface area contributed by atoms with E-state index in [1.165, 1.54) is 0 Å². The van der Waals surface area contributed by atoms with Crippen LogP contribution in [0.2, 0.25) is 0 Å². The van der Waals surface area contributed by atoms with Crippen molar-refractivity contribution in [3.8, 4) is 5.75 Å². The highest BCUT2D eigenvalue weighted by molar-refractivity contribution is 5.34. The summed E-state index contributed by atoms with van der Waals surface area (Å²) in [6.07, 6.45) is 0.757. The summed E-state index contributed by atoms with van der Waals surface area (Å²) in [5.41, 5.74) is 2.01. The molecule has 0 amide bonds. The van der Waals surface area contributed by atoms with Gasteiger partial charge in [0.15, 0.2) is 0 Å². The van der Waals surface area contributed by atoms with E-state index in [9.17, 15) is 5.11 Å². The molecule has 15 heavy (non-hydrogen) atoms. The van der Waals surface area contributed by atoms with Gasteiger partial charge in [0.2, 0.25) is 0 Å². The van der Waals surface area contributed by atoms with Crippen molar-refractivity contribution in [2.75, 3.05) is 0 Å². The predicted octanol–water partition coefficient (Wildman–Crippen LogP) is 4.56. The Balaban J connectivity index is 0. The third-order valence-electron chi connectivity index (χ3n) is 1.48. The number of hydrogen-bond donors (Lipinski definition) is 1. The Morgan fingerprint density at radius 1 is 1.13 bits per heavy atom. The quantitative estimate of drug-likeness (QED) is 0.706. The second kappa shape index (κ2) is 10.8. The Labute approximate surface area is 94.5 Å². The average Bonchev–Trinajstić information content (AvgIpc) is 2.27. The van der Waals surface area contributed by atoms with Crippen LogP contribution in [0.1, 0.15) is 40.2 Å². The zero-order valence-corrected chi connectivity index (χ0v) is 10.7.